The molecule has 92 valence electrons. The van der Waals surface area contributed by atoms with E-state index in [9.17, 15) is 4.79 Å². The van der Waals surface area contributed by atoms with Gasteiger partial charge in [-0.05, 0) is 44.0 Å². The molecule has 2 rings (SSSR count). The SMILES string of the molecule is O=C(Cc1ccccn1)NCCC1CCNC1. The first-order valence-corrected chi connectivity index (χ1v) is 6.22. The summed E-state index contributed by atoms with van der Waals surface area (Å²) in [7, 11) is 0. The summed E-state index contributed by atoms with van der Waals surface area (Å²) in [4.78, 5) is 15.8. The van der Waals surface area contributed by atoms with Crippen molar-refractivity contribution in [2.45, 2.75) is 19.3 Å². The van der Waals surface area contributed by atoms with Crippen LogP contribution in [0.15, 0.2) is 24.4 Å². The first-order chi connectivity index (χ1) is 8.34. The number of hydrogen-bond acceptors (Lipinski definition) is 3. The number of amides is 1. The fourth-order valence-corrected chi connectivity index (χ4v) is 2.11. The summed E-state index contributed by atoms with van der Waals surface area (Å²) in [6.07, 6.45) is 4.40. The van der Waals surface area contributed by atoms with Crippen molar-refractivity contribution in [3.8, 4) is 0 Å². The molecule has 1 atom stereocenters. The van der Waals surface area contributed by atoms with Crippen LogP contribution in [0.4, 0.5) is 0 Å². The number of carbonyl (C=O) groups is 1. The van der Waals surface area contributed by atoms with Crippen LogP contribution in [0.25, 0.3) is 0 Å². The number of rotatable bonds is 5. The van der Waals surface area contributed by atoms with Gasteiger partial charge in [-0.2, -0.15) is 0 Å². The Morgan fingerprint density at radius 3 is 3.18 bits per heavy atom. The van der Waals surface area contributed by atoms with Crippen molar-refractivity contribution in [3.63, 3.8) is 0 Å². The van der Waals surface area contributed by atoms with Crippen LogP contribution in [-0.4, -0.2) is 30.5 Å². The fraction of sp³-hybridized carbons (Fsp3) is 0.538. The lowest BCUT2D eigenvalue weighted by Crippen LogP contribution is -2.28. The van der Waals surface area contributed by atoms with Gasteiger partial charge < -0.3 is 10.6 Å². The van der Waals surface area contributed by atoms with Crippen LogP contribution in [0, 0.1) is 5.92 Å². The molecule has 1 fully saturated rings. The van der Waals surface area contributed by atoms with Gasteiger partial charge in [0.2, 0.25) is 5.91 Å². The van der Waals surface area contributed by atoms with Crippen molar-refractivity contribution in [1.82, 2.24) is 15.6 Å². The maximum atomic E-state index is 11.6. The average molecular weight is 233 g/mol. The minimum atomic E-state index is 0.0645. The van der Waals surface area contributed by atoms with E-state index in [1.807, 2.05) is 18.2 Å². The summed E-state index contributed by atoms with van der Waals surface area (Å²) >= 11 is 0. The quantitative estimate of drug-likeness (QED) is 0.788. The molecule has 1 unspecified atom stereocenters. The van der Waals surface area contributed by atoms with Crippen LogP contribution in [0.1, 0.15) is 18.5 Å². The molecule has 0 radical (unpaired) electrons. The normalized spacial score (nSPS) is 19.2. The van der Waals surface area contributed by atoms with Crippen molar-refractivity contribution < 1.29 is 4.79 Å². The zero-order valence-corrected chi connectivity index (χ0v) is 9.98. The zero-order valence-electron chi connectivity index (χ0n) is 9.98. The number of hydrogen-bond donors (Lipinski definition) is 2. The lowest BCUT2D eigenvalue weighted by atomic mass is 10.1. The van der Waals surface area contributed by atoms with Gasteiger partial charge in [-0.25, -0.2) is 0 Å². The van der Waals surface area contributed by atoms with Gasteiger partial charge in [-0.1, -0.05) is 6.07 Å². The van der Waals surface area contributed by atoms with Gasteiger partial charge in [-0.3, -0.25) is 9.78 Å². The Kier molecular flexibility index (Phi) is 4.50. The number of carbonyl (C=O) groups excluding carboxylic acids is 1. The molecule has 1 aliphatic heterocycles. The van der Waals surface area contributed by atoms with Crippen molar-refractivity contribution in [2.75, 3.05) is 19.6 Å². The molecule has 0 aliphatic carbocycles. The maximum absolute atomic E-state index is 11.6. The molecule has 4 heteroatoms. The van der Waals surface area contributed by atoms with E-state index in [2.05, 4.69) is 15.6 Å². The highest BCUT2D eigenvalue weighted by Crippen LogP contribution is 2.10. The fourth-order valence-electron chi connectivity index (χ4n) is 2.11. The van der Waals surface area contributed by atoms with Gasteiger partial charge in [0, 0.05) is 18.4 Å². The van der Waals surface area contributed by atoms with E-state index in [0.29, 0.717) is 6.42 Å². The summed E-state index contributed by atoms with van der Waals surface area (Å²) in [5.74, 6) is 0.791. The predicted molar refractivity (Wildman–Crippen MR) is 66.5 cm³/mol. The van der Waals surface area contributed by atoms with Crippen molar-refractivity contribution >= 4 is 5.91 Å². The highest BCUT2D eigenvalue weighted by molar-refractivity contribution is 5.77. The minimum Gasteiger partial charge on any atom is -0.356 e. The van der Waals surface area contributed by atoms with E-state index < -0.39 is 0 Å². The number of aromatic nitrogens is 1. The van der Waals surface area contributed by atoms with E-state index in [1.165, 1.54) is 6.42 Å². The van der Waals surface area contributed by atoms with E-state index in [4.69, 9.17) is 0 Å². The van der Waals surface area contributed by atoms with Gasteiger partial charge in [0.25, 0.3) is 0 Å². The van der Waals surface area contributed by atoms with Crippen molar-refractivity contribution in [3.05, 3.63) is 30.1 Å². The number of nitrogens with zero attached hydrogens (tertiary/aromatic N) is 1. The van der Waals surface area contributed by atoms with Crippen molar-refractivity contribution in [2.24, 2.45) is 5.92 Å². The second-order valence-corrected chi connectivity index (χ2v) is 4.50. The molecule has 4 nitrogen and oxygen atoms in total. The molecule has 1 aliphatic rings. The number of pyridine rings is 1. The summed E-state index contributed by atoms with van der Waals surface area (Å²) in [5.41, 5.74) is 0.826. The van der Waals surface area contributed by atoms with E-state index in [1.54, 1.807) is 6.20 Å². The molecule has 2 heterocycles. The van der Waals surface area contributed by atoms with Gasteiger partial charge in [0.05, 0.1) is 6.42 Å². The topological polar surface area (TPSA) is 54.0 Å². The highest BCUT2D eigenvalue weighted by Gasteiger charge is 2.14. The Balaban J connectivity index is 1.64. The van der Waals surface area contributed by atoms with Crippen molar-refractivity contribution in [1.29, 1.82) is 0 Å². The molecule has 0 aromatic carbocycles. The molecule has 1 saturated heterocycles. The maximum Gasteiger partial charge on any atom is 0.226 e. The molecular formula is C13H19N3O. The average Bonchev–Trinajstić information content (AvgIpc) is 2.83. The third kappa shape index (κ3) is 4.15. The summed E-state index contributed by atoms with van der Waals surface area (Å²) in [5, 5.41) is 6.28. The van der Waals surface area contributed by atoms with Gasteiger partial charge >= 0.3 is 0 Å². The standard InChI is InChI=1S/C13H19N3O/c17-13(9-12-3-1-2-6-15-12)16-8-5-11-4-7-14-10-11/h1-3,6,11,14H,4-5,7-10H2,(H,16,17). The van der Waals surface area contributed by atoms with E-state index in [0.717, 1.165) is 37.7 Å². The molecule has 2 N–H and O–H groups in total. The third-order valence-electron chi connectivity index (χ3n) is 3.10. The van der Waals surface area contributed by atoms with Crippen LogP contribution in [0.2, 0.25) is 0 Å². The van der Waals surface area contributed by atoms with E-state index in [-0.39, 0.29) is 5.91 Å². The Bertz CT molecular complexity index is 347. The van der Waals surface area contributed by atoms with Gasteiger partial charge in [-0.15, -0.1) is 0 Å². The van der Waals surface area contributed by atoms with Gasteiger partial charge in [0.15, 0.2) is 0 Å². The van der Waals surface area contributed by atoms with Crippen LogP contribution in [0.5, 0.6) is 0 Å². The molecule has 0 bridgehead atoms. The largest absolute Gasteiger partial charge is 0.356 e. The Morgan fingerprint density at radius 1 is 1.53 bits per heavy atom. The molecule has 0 spiro atoms. The number of nitrogens with one attached hydrogen (secondary N) is 2. The predicted octanol–water partition coefficient (Wildman–Crippen LogP) is 0.740. The van der Waals surface area contributed by atoms with Gasteiger partial charge in [0.1, 0.15) is 0 Å². The third-order valence-corrected chi connectivity index (χ3v) is 3.10. The molecule has 1 amide bonds. The first-order valence-electron chi connectivity index (χ1n) is 6.22. The smallest absolute Gasteiger partial charge is 0.226 e. The molecule has 17 heavy (non-hydrogen) atoms. The molecule has 1 aromatic rings. The van der Waals surface area contributed by atoms with Crippen LogP contribution >= 0.6 is 0 Å². The Labute approximate surface area is 102 Å². The molecule has 1 aromatic heterocycles. The van der Waals surface area contributed by atoms with Crippen LogP contribution < -0.4 is 10.6 Å². The summed E-state index contributed by atoms with van der Waals surface area (Å²) < 4.78 is 0. The van der Waals surface area contributed by atoms with Crippen LogP contribution in [-0.2, 0) is 11.2 Å². The second-order valence-electron chi connectivity index (χ2n) is 4.50. The highest BCUT2D eigenvalue weighted by atomic mass is 16.1. The summed E-state index contributed by atoms with van der Waals surface area (Å²) in [6, 6.07) is 5.63. The lowest BCUT2D eigenvalue weighted by Gasteiger charge is -2.09. The second kappa shape index (κ2) is 6.35. The van der Waals surface area contributed by atoms with E-state index >= 15 is 0 Å². The Morgan fingerprint density at radius 2 is 2.47 bits per heavy atom. The minimum absolute atomic E-state index is 0.0645. The molecule has 0 saturated carbocycles. The Hall–Kier alpha value is -1.42. The monoisotopic (exact) mass is 233 g/mol. The first kappa shape index (κ1) is 12.0. The lowest BCUT2D eigenvalue weighted by molar-refractivity contribution is -0.120. The zero-order chi connectivity index (χ0) is 11.9. The van der Waals surface area contributed by atoms with Crippen LogP contribution in [0.3, 0.4) is 0 Å². The molecular weight excluding hydrogens is 214 g/mol. The summed E-state index contributed by atoms with van der Waals surface area (Å²) in [6.45, 7) is 2.99.